The van der Waals surface area contributed by atoms with Crippen molar-refractivity contribution in [2.24, 2.45) is 11.3 Å². The van der Waals surface area contributed by atoms with E-state index >= 15 is 0 Å². The number of ether oxygens (including phenoxy) is 1. The van der Waals surface area contributed by atoms with Crippen LogP contribution in [0.15, 0.2) is 35.6 Å². The van der Waals surface area contributed by atoms with E-state index < -0.39 is 0 Å². The number of thiophene rings is 1. The van der Waals surface area contributed by atoms with Gasteiger partial charge in [0.1, 0.15) is 21.9 Å². The first-order valence-corrected chi connectivity index (χ1v) is 12.0. The van der Waals surface area contributed by atoms with Crippen molar-refractivity contribution in [3.8, 4) is 5.75 Å². The largest absolute Gasteiger partial charge is 0.497 e. The van der Waals surface area contributed by atoms with Crippen LogP contribution in [-0.4, -0.2) is 28.7 Å². The highest BCUT2D eigenvalue weighted by Crippen LogP contribution is 2.44. The smallest absolute Gasteiger partial charge is 0.234 e. The summed E-state index contributed by atoms with van der Waals surface area (Å²) in [6.45, 7) is 7.00. The number of anilines is 1. The van der Waals surface area contributed by atoms with Crippen LogP contribution in [0.3, 0.4) is 0 Å². The molecule has 0 saturated carbocycles. The Morgan fingerprint density at radius 2 is 2.03 bits per heavy atom. The summed E-state index contributed by atoms with van der Waals surface area (Å²) in [5.41, 5.74) is 2.47. The van der Waals surface area contributed by atoms with Crippen molar-refractivity contribution in [1.29, 1.82) is 0 Å². The number of rotatable bonds is 5. The van der Waals surface area contributed by atoms with Gasteiger partial charge in [0.15, 0.2) is 0 Å². The maximum atomic E-state index is 12.5. The second kappa shape index (κ2) is 8.55. The summed E-state index contributed by atoms with van der Waals surface area (Å²) in [7, 11) is 1.62. The zero-order valence-electron chi connectivity index (χ0n) is 17.8. The van der Waals surface area contributed by atoms with Gasteiger partial charge in [-0.3, -0.25) is 4.79 Å². The maximum absolute atomic E-state index is 12.5. The van der Waals surface area contributed by atoms with Gasteiger partial charge in [-0.05, 0) is 60.4 Å². The Labute approximate surface area is 185 Å². The van der Waals surface area contributed by atoms with E-state index in [0.717, 1.165) is 39.5 Å². The molecule has 1 aliphatic carbocycles. The molecule has 0 radical (unpaired) electrons. The molecule has 0 saturated heterocycles. The molecule has 158 valence electrons. The molecule has 0 fully saturated rings. The molecule has 0 aliphatic heterocycles. The molecule has 5 nitrogen and oxygen atoms in total. The fraction of sp³-hybridized carbons (Fsp3) is 0.435. The van der Waals surface area contributed by atoms with Gasteiger partial charge in [0, 0.05) is 16.0 Å². The predicted octanol–water partition coefficient (Wildman–Crippen LogP) is 5.58. The first-order chi connectivity index (χ1) is 14.3. The molecule has 1 aromatic carbocycles. The third kappa shape index (κ3) is 4.47. The third-order valence-electron chi connectivity index (χ3n) is 5.75. The van der Waals surface area contributed by atoms with E-state index in [-0.39, 0.29) is 5.91 Å². The molecule has 1 aliphatic rings. The number of carbonyl (C=O) groups excluding carboxylic acids is 1. The molecule has 4 rings (SSSR count). The van der Waals surface area contributed by atoms with Gasteiger partial charge < -0.3 is 10.1 Å². The average Bonchev–Trinajstić information content (AvgIpc) is 3.10. The summed E-state index contributed by atoms with van der Waals surface area (Å²) in [6.07, 6.45) is 4.99. The van der Waals surface area contributed by atoms with Gasteiger partial charge >= 0.3 is 0 Å². The number of fused-ring (bicyclic) bond motifs is 3. The summed E-state index contributed by atoms with van der Waals surface area (Å²) in [6, 6.07) is 7.34. The number of benzene rings is 1. The van der Waals surface area contributed by atoms with Gasteiger partial charge in [-0.1, -0.05) is 32.5 Å². The third-order valence-corrected chi connectivity index (χ3v) is 7.90. The molecule has 2 heterocycles. The topological polar surface area (TPSA) is 64.1 Å². The lowest BCUT2D eigenvalue weighted by Gasteiger charge is -2.33. The normalized spacial score (nSPS) is 16.3. The van der Waals surface area contributed by atoms with Crippen LogP contribution >= 0.6 is 23.1 Å². The monoisotopic (exact) mass is 441 g/mol. The lowest BCUT2D eigenvalue weighted by atomic mass is 9.72. The number of nitrogens with one attached hydrogen (secondary N) is 1. The highest BCUT2D eigenvalue weighted by atomic mass is 32.2. The molecule has 30 heavy (non-hydrogen) atoms. The van der Waals surface area contributed by atoms with E-state index in [0.29, 0.717) is 17.1 Å². The van der Waals surface area contributed by atoms with Crippen LogP contribution in [0, 0.1) is 11.3 Å². The number of amides is 1. The number of hydrogen-bond acceptors (Lipinski definition) is 6. The minimum Gasteiger partial charge on any atom is -0.497 e. The van der Waals surface area contributed by atoms with E-state index in [1.165, 1.54) is 28.6 Å². The molecule has 1 atom stereocenters. The molecule has 7 heteroatoms. The summed E-state index contributed by atoms with van der Waals surface area (Å²) in [5.74, 6) is 1.72. The lowest BCUT2D eigenvalue weighted by molar-refractivity contribution is -0.113. The fourth-order valence-electron chi connectivity index (χ4n) is 3.94. The first kappa shape index (κ1) is 21.1. The van der Waals surface area contributed by atoms with Crippen molar-refractivity contribution in [3.05, 3.63) is 41.0 Å². The molecular formula is C23H27N3O2S2. The maximum Gasteiger partial charge on any atom is 0.234 e. The highest BCUT2D eigenvalue weighted by molar-refractivity contribution is 8.00. The summed E-state index contributed by atoms with van der Waals surface area (Å²) >= 11 is 3.28. The van der Waals surface area contributed by atoms with Gasteiger partial charge in [0.2, 0.25) is 5.91 Å². The lowest BCUT2D eigenvalue weighted by Crippen LogP contribution is -2.26. The molecule has 1 amide bonds. The zero-order valence-corrected chi connectivity index (χ0v) is 19.5. The van der Waals surface area contributed by atoms with Crippen LogP contribution in [0.2, 0.25) is 0 Å². The number of aryl methyl sites for hydroxylation is 1. The molecule has 3 aromatic rings. The van der Waals surface area contributed by atoms with E-state index in [4.69, 9.17) is 4.74 Å². The van der Waals surface area contributed by atoms with E-state index in [2.05, 4.69) is 36.1 Å². The number of carbonyl (C=O) groups is 1. The van der Waals surface area contributed by atoms with Crippen LogP contribution in [0.4, 0.5) is 5.69 Å². The minimum atomic E-state index is -0.0474. The van der Waals surface area contributed by atoms with E-state index in [1.54, 1.807) is 24.8 Å². The molecule has 1 N–H and O–H groups in total. The Hall–Kier alpha value is -2.12. The Kier molecular flexibility index (Phi) is 6.02. The SMILES string of the molecule is COc1ccc(NC(=O)CSc2ncnc3sc4c(c23)CCC(C(C)(C)C)C4)cc1. The zero-order chi connectivity index (χ0) is 21.3. The van der Waals surface area contributed by atoms with Gasteiger partial charge in [-0.25, -0.2) is 9.97 Å². The van der Waals surface area contributed by atoms with Gasteiger partial charge in [0.25, 0.3) is 0 Å². The summed E-state index contributed by atoms with van der Waals surface area (Å²) in [4.78, 5) is 24.0. The van der Waals surface area contributed by atoms with Gasteiger partial charge in [-0.15, -0.1) is 11.3 Å². The van der Waals surface area contributed by atoms with Gasteiger partial charge in [-0.2, -0.15) is 0 Å². The standard InChI is InChI=1S/C23H27N3O2S2/c1-23(2,3)14-5-10-17-18(11-14)30-22-20(17)21(24-13-25-22)29-12-19(27)26-15-6-8-16(28-4)9-7-15/h6-9,13-14H,5,10-12H2,1-4H3,(H,26,27). The number of thioether (sulfide) groups is 1. The van der Waals surface area contributed by atoms with Crippen LogP contribution in [0.25, 0.3) is 10.2 Å². The Morgan fingerprint density at radius 3 is 2.73 bits per heavy atom. The molecule has 1 unspecified atom stereocenters. The first-order valence-electron chi connectivity index (χ1n) is 10.2. The summed E-state index contributed by atoms with van der Waals surface area (Å²) < 4.78 is 5.15. The van der Waals surface area contributed by atoms with Crippen molar-refractivity contribution >= 4 is 44.9 Å². The van der Waals surface area contributed by atoms with Crippen molar-refractivity contribution in [2.75, 3.05) is 18.2 Å². The molecule has 0 spiro atoms. The molecule has 0 bridgehead atoms. The number of methoxy groups -OCH3 is 1. The van der Waals surface area contributed by atoms with Crippen molar-refractivity contribution in [3.63, 3.8) is 0 Å². The Balaban J connectivity index is 1.48. The molecule has 2 aromatic heterocycles. The van der Waals surface area contributed by atoms with Crippen molar-refractivity contribution in [1.82, 2.24) is 9.97 Å². The Morgan fingerprint density at radius 1 is 1.27 bits per heavy atom. The van der Waals surface area contributed by atoms with Crippen molar-refractivity contribution in [2.45, 2.75) is 45.1 Å². The van der Waals surface area contributed by atoms with E-state index in [9.17, 15) is 4.79 Å². The van der Waals surface area contributed by atoms with Crippen LogP contribution < -0.4 is 10.1 Å². The molecular weight excluding hydrogens is 414 g/mol. The minimum absolute atomic E-state index is 0.0474. The Bertz CT molecular complexity index is 1050. The average molecular weight is 442 g/mol. The quantitative estimate of drug-likeness (QED) is 0.413. The summed E-state index contributed by atoms with van der Waals surface area (Å²) in [5, 5.41) is 5.01. The van der Waals surface area contributed by atoms with Crippen molar-refractivity contribution < 1.29 is 9.53 Å². The van der Waals surface area contributed by atoms with Crippen LogP contribution in [0.1, 0.15) is 37.6 Å². The second-order valence-electron chi connectivity index (χ2n) is 8.73. The van der Waals surface area contributed by atoms with Gasteiger partial charge in [0.05, 0.1) is 12.9 Å². The number of aromatic nitrogens is 2. The highest BCUT2D eigenvalue weighted by Gasteiger charge is 2.31. The van der Waals surface area contributed by atoms with E-state index in [1.807, 2.05) is 24.3 Å². The fourth-order valence-corrected chi connectivity index (χ4v) is 6.09. The van der Waals surface area contributed by atoms with Crippen LogP contribution in [0.5, 0.6) is 5.75 Å². The predicted molar refractivity (Wildman–Crippen MR) is 125 cm³/mol. The number of nitrogens with zero attached hydrogens (tertiary/aromatic N) is 2. The second-order valence-corrected chi connectivity index (χ2v) is 10.8. The van der Waals surface area contributed by atoms with Crippen LogP contribution in [-0.2, 0) is 17.6 Å². The number of hydrogen-bond donors (Lipinski definition) is 1.